The average Bonchev–Trinajstić information content (AvgIpc) is 2.74. The number of nitrogens with zero attached hydrogens (tertiary/aromatic N) is 4. The van der Waals surface area contributed by atoms with E-state index >= 15 is 0 Å². The predicted octanol–water partition coefficient (Wildman–Crippen LogP) is 1.82. The molecule has 0 bridgehead atoms. The van der Waals surface area contributed by atoms with E-state index in [1.165, 1.54) is 6.33 Å². The van der Waals surface area contributed by atoms with Gasteiger partial charge in [-0.25, -0.2) is 14.6 Å². The molecule has 1 aromatic carbocycles. The summed E-state index contributed by atoms with van der Waals surface area (Å²) in [4.78, 5) is 8.07. The molecular formula is C11H8N4. The molecule has 0 aliphatic heterocycles. The summed E-state index contributed by atoms with van der Waals surface area (Å²) >= 11 is 0. The minimum absolute atomic E-state index is 0.807. The monoisotopic (exact) mass is 196 g/mol. The molecule has 0 aliphatic rings. The van der Waals surface area contributed by atoms with E-state index in [4.69, 9.17) is 0 Å². The van der Waals surface area contributed by atoms with Gasteiger partial charge in [-0.3, -0.25) is 0 Å². The first kappa shape index (κ1) is 8.11. The van der Waals surface area contributed by atoms with Crippen LogP contribution >= 0.6 is 0 Å². The summed E-state index contributed by atoms with van der Waals surface area (Å²) in [6.45, 7) is 0. The molecule has 3 aromatic rings. The number of para-hydroxylation sites is 1. The second kappa shape index (κ2) is 3.16. The third-order valence-electron chi connectivity index (χ3n) is 2.20. The van der Waals surface area contributed by atoms with Crippen molar-refractivity contribution in [1.82, 2.24) is 19.7 Å². The molecule has 0 unspecified atom stereocenters. The number of fused-ring (bicyclic) bond motifs is 1. The van der Waals surface area contributed by atoms with Crippen LogP contribution in [0.15, 0.2) is 49.1 Å². The number of aromatic nitrogens is 4. The molecule has 0 atom stereocenters. The van der Waals surface area contributed by atoms with E-state index in [0.29, 0.717) is 0 Å². The molecule has 0 saturated carbocycles. The molecule has 2 heterocycles. The molecular weight excluding hydrogens is 188 g/mol. The highest BCUT2D eigenvalue weighted by Crippen LogP contribution is 2.11. The molecule has 0 spiro atoms. The van der Waals surface area contributed by atoms with Crippen LogP contribution in [0, 0.1) is 0 Å². The van der Waals surface area contributed by atoms with Crippen molar-refractivity contribution in [1.29, 1.82) is 0 Å². The second-order valence-electron chi connectivity index (χ2n) is 3.20. The summed E-state index contributed by atoms with van der Waals surface area (Å²) in [7, 11) is 0. The van der Waals surface area contributed by atoms with Gasteiger partial charge in [-0.1, -0.05) is 18.2 Å². The fourth-order valence-electron chi connectivity index (χ4n) is 1.48. The van der Waals surface area contributed by atoms with Crippen molar-refractivity contribution >= 4 is 11.0 Å². The molecule has 0 amide bonds. The van der Waals surface area contributed by atoms with Crippen LogP contribution in [-0.2, 0) is 0 Å². The van der Waals surface area contributed by atoms with Crippen LogP contribution in [-0.4, -0.2) is 19.7 Å². The zero-order valence-electron chi connectivity index (χ0n) is 7.91. The third kappa shape index (κ3) is 1.36. The number of rotatable bonds is 1. The lowest BCUT2D eigenvalue weighted by Gasteiger charge is -1.97. The highest BCUT2D eigenvalue weighted by Gasteiger charge is 2.01. The highest BCUT2D eigenvalue weighted by atomic mass is 15.3. The van der Waals surface area contributed by atoms with Crippen molar-refractivity contribution in [2.24, 2.45) is 0 Å². The molecule has 72 valence electrons. The van der Waals surface area contributed by atoms with Gasteiger partial charge in [0, 0.05) is 0 Å². The van der Waals surface area contributed by atoms with E-state index in [9.17, 15) is 0 Å². The van der Waals surface area contributed by atoms with Gasteiger partial charge in [-0.15, -0.1) is 0 Å². The Balaban J connectivity index is 2.21. The second-order valence-corrected chi connectivity index (χ2v) is 3.20. The van der Waals surface area contributed by atoms with Gasteiger partial charge < -0.3 is 0 Å². The van der Waals surface area contributed by atoms with Crippen LogP contribution in [0.4, 0.5) is 0 Å². The summed E-state index contributed by atoms with van der Waals surface area (Å²) in [6, 6.07) is 9.94. The molecule has 3 rings (SSSR count). The van der Waals surface area contributed by atoms with Gasteiger partial charge in [-0.2, -0.15) is 5.10 Å². The van der Waals surface area contributed by atoms with Crippen LogP contribution in [0.5, 0.6) is 0 Å². The topological polar surface area (TPSA) is 43.6 Å². The Morgan fingerprint density at radius 1 is 1.00 bits per heavy atom. The summed E-state index contributed by atoms with van der Waals surface area (Å²) in [6.07, 6.45) is 5.13. The van der Waals surface area contributed by atoms with Crippen LogP contribution < -0.4 is 0 Å². The molecule has 0 N–H and O–H groups in total. The van der Waals surface area contributed by atoms with Gasteiger partial charge in [0.05, 0.1) is 18.1 Å². The van der Waals surface area contributed by atoms with E-state index < -0.39 is 0 Å². The Kier molecular flexibility index (Phi) is 1.71. The average molecular weight is 196 g/mol. The summed E-state index contributed by atoms with van der Waals surface area (Å²) in [5.74, 6) is 0. The van der Waals surface area contributed by atoms with E-state index in [1.54, 1.807) is 10.9 Å². The summed E-state index contributed by atoms with van der Waals surface area (Å²) in [5.41, 5.74) is 2.69. The van der Waals surface area contributed by atoms with Crippen molar-refractivity contribution in [2.45, 2.75) is 0 Å². The van der Waals surface area contributed by atoms with Crippen molar-refractivity contribution in [2.75, 3.05) is 0 Å². The standard InChI is InChI=1S/C11H8N4/c1-2-4-9(5-3-1)15-7-11-10(14-15)6-12-8-13-11/h1-8H. The van der Waals surface area contributed by atoms with Crippen LogP contribution in [0.1, 0.15) is 0 Å². The third-order valence-corrected chi connectivity index (χ3v) is 2.20. The molecule has 2 aromatic heterocycles. The van der Waals surface area contributed by atoms with Gasteiger partial charge in [0.25, 0.3) is 0 Å². The van der Waals surface area contributed by atoms with Crippen molar-refractivity contribution in [3.8, 4) is 5.69 Å². The largest absolute Gasteiger partial charge is 0.242 e. The maximum Gasteiger partial charge on any atom is 0.130 e. The van der Waals surface area contributed by atoms with Crippen molar-refractivity contribution in [3.63, 3.8) is 0 Å². The van der Waals surface area contributed by atoms with E-state index in [0.717, 1.165) is 16.7 Å². The van der Waals surface area contributed by atoms with Crippen molar-refractivity contribution < 1.29 is 0 Å². The van der Waals surface area contributed by atoms with E-state index in [2.05, 4.69) is 15.1 Å². The van der Waals surface area contributed by atoms with E-state index in [1.807, 2.05) is 36.5 Å². The Morgan fingerprint density at radius 2 is 1.87 bits per heavy atom. The normalized spacial score (nSPS) is 10.7. The Labute approximate surface area is 86.2 Å². The molecule has 15 heavy (non-hydrogen) atoms. The highest BCUT2D eigenvalue weighted by molar-refractivity contribution is 5.72. The molecule has 0 radical (unpaired) electrons. The van der Waals surface area contributed by atoms with Gasteiger partial charge in [-0.05, 0) is 12.1 Å². The maximum atomic E-state index is 4.37. The summed E-state index contributed by atoms with van der Waals surface area (Å²) < 4.78 is 1.80. The Hall–Kier alpha value is -2.23. The van der Waals surface area contributed by atoms with Crippen LogP contribution in [0.3, 0.4) is 0 Å². The quantitative estimate of drug-likeness (QED) is 0.596. The molecule has 4 nitrogen and oxygen atoms in total. The lowest BCUT2D eigenvalue weighted by atomic mass is 10.3. The van der Waals surface area contributed by atoms with Gasteiger partial charge >= 0.3 is 0 Å². The van der Waals surface area contributed by atoms with Crippen LogP contribution in [0.2, 0.25) is 0 Å². The first-order valence-corrected chi connectivity index (χ1v) is 4.64. The van der Waals surface area contributed by atoms with Crippen molar-refractivity contribution in [3.05, 3.63) is 49.1 Å². The van der Waals surface area contributed by atoms with Gasteiger partial charge in [0.1, 0.15) is 17.4 Å². The number of hydrogen-bond donors (Lipinski definition) is 0. The zero-order valence-corrected chi connectivity index (χ0v) is 7.91. The van der Waals surface area contributed by atoms with Crippen LogP contribution in [0.25, 0.3) is 16.7 Å². The number of hydrogen-bond acceptors (Lipinski definition) is 3. The lowest BCUT2D eigenvalue weighted by molar-refractivity contribution is 0.895. The predicted molar refractivity (Wildman–Crippen MR) is 56.7 cm³/mol. The lowest BCUT2D eigenvalue weighted by Crippen LogP contribution is -1.92. The molecule has 4 heteroatoms. The minimum Gasteiger partial charge on any atom is -0.242 e. The zero-order chi connectivity index (χ0) is 10.1. The fraction of sp³-hybridized carbons (Fsp3) is 0. The molecule has 0 saturated heterocycles. The first-order valence-electron chi connectivity index (χ1n) is 4.64. The summed E-state index contributed by atoms with van der Waals surface area (Å²) in [5, 5.41) is 4.37. The molecule has 0 aliphatic carbocycles. The fourth-order valence-corrected chi connectivity index (χ4v) is 1.48. The Morgan fingerprint density at radius 3 is 2.67 bits per heavy atom. The molecule has 0 fully saturated rings. The van der Waals surface area contributed by atoms with Gasteiger partial charge in [0.2, 0.25) is 0 Å². The smallest absolute Gasteiger partial charge is 0.130 e. The van der Waals surface area contributed by atoms with E-state index in [-0.39, 0.29) is 0 Å². The maximum absolute atomic E-state index is 4.37. The van der Waals surface area contributed by atoms with Gasteiger partial charge in [0.15, 0.2) is 0 Å². The first-order chi connectivity index (χ1) is 7.43. The minimum atomic E-state index is 0.807. The Bertz CT molecular complexity index is 553. The number of benzene rings is 1. The SMILES string of the molecule is c1ccc(-n2cc3ncncc3n2)cc1.